The van der Waals surface area contributed by atoms with E-state index in [1.54, 1.807) is 4.90 Å². The van der Waals surface area contributed by atoms with Gasteiger partial charge in [-0.15, -0.1) is 0 Å². The topological polar surface area (TPSA) is 107 Å². The number of benzene rings is 1. The van der Waals surface area contributed by atoms with Gasteiger partial charge >= 0.3 is 0 Å². The number of nitrogens with one attached hydrogen (secondary N) is 1. The molecule has 1 aromatic carbocycles. The standard InChI is InChI=1S/C12H15ClN2O5S/c13-10-2-1-8(7-11(10)21(19,20)14-18)12(17)15-5-3-9(16)4-6-15/h1-2,7,9,14,16,18H,3-6H2. The van der Waals surface area contributed by atoms with Gasteiger partial charge in [-0.1, -0.05) is 16.5 Å². The van der Waals surface area contributed by atoms with E-state index in [9.17, 15) is 18.3 Å². The Balaban J connectivity index is 2.29. The molecule has 21 heavy (non-hydrogen) atoms. The van der Waals surface area contributed by atoms with Gasteiger partial charge < -0.3 is 15.2 Å². The summed E-state index contributed by atoms with van der Waals surface area (Å²) < 4.78 is 23.2. The average Bonchev–Trinajstić information content (AvgIpc) is 2.47. The number of aliphatic hydroxyl groups excluding tert-OH is 1. The van der Waals surface area contributed by atoms with Crippen LogP contribution in [-0.4, -0.2) is 48.7 Å². The molecule has 0 atom stereocenters. The van der Waals surface area contributed by atoms with Crippen LogP contribution in [0.25, 0.3) is 0 Å². The smallest absolute Gasteiger partial charge is 0.263 e. The van der Waals surface area contributed by atoms with Crippen molar-refractivity contribution in [2.24, 2.45) is 0 Å². The maximum Gasteiger partial charge on any atom is 0.263 e. The van der Waals surface area contributed by atoms with Gasteiger partial charge in [0.1, 0.15) is 4.90 Å². The highest BCUT2D eigenvalue weighted by atomic mass is 35.5. The van der Waals surface area contributed by atoms with E-state index >= 15 is 0 Å². The van der Waals surface area contributed by atoms with Crippen LogP contribution in [0.2, 0.25) is 5.02 Å². The van der Waals surface area contributed by atoms with Crippen LogP contribution in [0.3, 0.4) is 0 Å². The van der Waals surface area contributed by atoms with Crippen molar-refractivity contribution >= 4 is 27.5 Å². The molecule has 1 saturated heterocycles. The largest absolute Gasteiger partial charge is 0.393 e. The van der Waals surface area contributed by atoms with Crippen LogP contribution >= 0.6 is 11.6 Å². The Morgan fingerprint density at radius 2 is 1.95 bits per heavy atom. The van der Waals surface area contributed by atoms with Crippen LogP contribution in [0.5, 0.6) is 0 Å². The number of amides is 1. The van der Waals surface area contributed by atoms with Gasteiger partial charge in [-0.25, -0.2) is 8.42 Å². The fourth-order valence-corrected chi connectivity index (χ4v) is 3.27. The molecule has 0 aromatic heterocycles. The fourth-order valence-electron chi connectivity index (χ4n) is 2.14. The summed E-state index contributed by atoms with van der Waals surface area (Å²) in [4.78, 5) is 14.7. The highest BCUT2D eigenvalue weighted by Gasteiger charge is 2.24. The van der Waals surface area contributed by atoms with E-state index in [0.717, 1.165) is 6.07 Å². The van der Waals surface area contributed by atoms with Gasteiger partial charge in [-0.2, -0.15) is 0 Å². The number of piperidine rings is 1. The Morgan fingerprint density at radius 3 is 2.52 bits per heavy atom. The van der Waals surface area contributed by atoms with Gasteiger partial charge in [-0.05, 0) is 31.0 Å². The summed E-state index contributed by atoms with van der Waals surface area (Å²) in [5.74, 6) is -0.340. The predicted molar refractivity (Wildman–Crippen MR) is 74.7 cm³/mol. The summed E-state index contributed by atoms with van der Waals surface area (Å²) in [5.41, 5.74) is 0.157. The Hall–Kier alpha value is -1.19. The van der Waals surface area contributed by atoms with Crippen molar-refractivity contribution in [3.8, 4) is 0 Å². The molecular weight excluding hydrogens is 320 g/mol. The lowest BCUT2D eigenvalue weighted by atomic mass is 10.1. The Labute approximate surface area is 127 Å². The number of carbonyl (C=O) groups excluding carboxylic acids is 1. The summed E-state index contributed by atoms with van der Waals surface area (Å²) in [6.07, 6.45) is 0.569. The summed E-state index contributed by atoms with van der Waals surface area (Å²) >= 11 is 5.78. The van der Waals surface area contributed by atoms with Gasteiger partial charge in [0.2, 0.25) is 0 Å². The molecule has 1 amide bonds. The third-order valence-electron chi connectivity index (χ3n) is 3.34. The van der Waals surface area contributed by atoms with Crippen molar-refractivity contribution in [1.82, 2.24) is 9.79 Å². The van der Waals surface area contributed by atoms with Crippen LogP contribution in [-0.2, 0) is 10.0 Å². The minimum Gasteiger partial charge on any atom is -0.393 e. The second-order valence-electron chi connectivity index (χ2n) is 4.76. The molecular formula is C12H15ClN2O5S. The SMILES string of the molecule is O=C(c1ccc(Cl)c(S(=O)(=O)NO)c1)N1CCC(O)CC1. The lowest BCUT2D eigenvalue weighted by Gasteiger charge is -2.29. The van der Waals surface area contributed by atoms with Crippen LogP contribution in [0, 0.1) is 0 Å². The van der Waals surface area contributed by atoms with E-state index in [1.165, 1.54) is 17.0 Å². The molecule has 116 valence electrons. The first kappa shape index (κ1) is 16.2. The van der Waals surface area contributed by atoms with Crippen molar-refractivity contribution in [2.45, 2.75) is 23.8 Å². The van der Waals surface area contributed by atoms with Crippen molar-refractivity contribution in [1.29, 1.82) is 0 Å². The highest BCUT2D eigenvalue weighted by molar-refractivity contribution is 7.89. The number of hydrogen-bond acceptors (Lipinski definition) is 5. The minimum absolute atomic E-state index is 0.0952. The maximum absolute atomic E-state index is 12.3. The molecule has 0 unspecified atom stereocenters. The predicted octanol–water partition coefficient (Wildman–Crippen LogP) is 0.604. The molecule has 0 spiro atoms. The first-order chi connectivity index (χ1) is 9.85. The second-order valence-corrected chi connectivity index (χ2v) is 6.80. The zero-order chi connectivity index (χ0) is 15.6. The van der Waals surface area contributed by atoms with Gasteiger partial charge in [0.25, 0.3) is 15.9 Å². The summed E-state index contributed by atoms with van der Waals surface area (Å²) in [6, 6.07) is 3.83. The third kappa shape index (κ3) is 3.53. The van der Waals surface area contributed by atoms with Crippen LogP contribution in [0.4, 0.5) is 0 Å². The lowest BCUT2D eigenvalue weighted by Crippen LogP contribution is -2.40. The van der Waals surface area contributed by atoms with E-state index in [4.69, 9.17) is 16.8 Å². The number of nitrogens with zero attached hydrogens (tertiary/aromatic N) is 1. The van der Waals surface area contributed by atoms with Crippen LogP contribution < -0.4 is 4.89 Å². The first-order valence-corrected chi connectivity index (χ1v) is 8.14. The monoisotopic (exact) mass is 334 g/mol. The van der Waals surface area contributed by atoms with Crippen LogP contribution in [0.15, 0.2) is 23.1 Å². The molecule has 3 N–H and O–H groups in total. The molecule has 0 radical (unpaired) electrons. The minimum atomic E-state index is -4.16. The average molecular weight is 335 g/mol. The number of aliphatic hydroxyl groups is 1. The molecule has 9 heteroatoms. The Bertz CT molecular complexity index is 641. The van der Waals surface area contributed by atoms with Crippen LogP contribution in [0.1, 0.15) is 23.2 Å². The first-order valence-electron chi connectivity index (χ1n) is 6.28. The molecule has 0 aliphatic carbocycles. The summed E-state index contributed by atoms with van der Waals surface area (Å²) in [7, 11) is -4.16. The van der Waals surface area contributed by atoms with E-state index in [-0.39, 0.29) is 21.4 Å². The summed E-state index contributed by atoms with van der Waals surface area (Å²) in [5, 5.41) is 18.0. The molecule has 1 aromatic rings. The molecule has 1 heterocycles. The number of sulfonamides is 1. The van der Waals surface area contributed by atoms with Gasteiger partial charge in [0, 0.05) is 18.7 Å². The van der Waals surface area contributed by atoms with E-state index in [0.29, 0.717) is 25.9 Å². The second kappa shape index (κ2) is 6.29. The molecule has 1 fully saturated rings. The fraction of sp³-hybridized carbons (Fsp3) is 0.417. The van der Waals surface area contributed by atoms with Gasteiger partial charge in [0.15, 0.2) is 0 Å². The van der Waals surface area contributed by atoms with Crippen molar-refractivity contribution in [2.75, 3.05) is 13.1 Å². The number of hydrogen-bond donors (Lipinski definition) is 3. The number of halogens is 1. The normalized spacial score (nSPS) is 17.0. The van der Waals surface area contributed by atoms with E-state index in [1.807, 2.05) is 0 Å². The number of carbonyl (C=O) groups is 1. The third-order valence-corrected chi connectivity index (χ3v) is 4.94. The number of rotatable bonds is 3. The Morgan fingerprint density at radius 1 is 1.33 bits per heavy atom. The van der Waals surface area contributed by atoms with Gasteiger partial charge in [-0.3, -0.25) is 4.79 Å². The van der Waals surface area contributed by atoms with Crippen molar-refractivity contribution in [3.63, 3.8) is 0 Å². The highest BCUT2D eigenvalue weighted by Crippen LogP contribution is 2.23. The molecule has 1 aliphatic heterocycles. The summed E-state index contributed by atoms with van der Waals surface area (Å²) in [6.45, 7) is 0.811. The number of likely N-dealkylation sites (tertiary alicyclic amines) is 1. The van der Waals surface area contributed by atoms with Crippen molar-refractivity contribution in [3.05, 3.63) is 28.8 Å². The molecule has 2 rings (SSSR count). The Kier molecular flexibility index (Phi) is 4.84. The molecule has 0 bridgehead atoms. The zero-order valence-electron chi connectivity index (χ0n) is 11.0. The quantitative estimate of drug-likeness (QED) is 0.702. The zero-order valence-corrected chi connectivity index (χ0v) is 12.6. The maximum atomic E-state index is 12.3. The molecule has 0 saturated carbocycles. The van der Waals surface area contributed by atoms with Gasteiger partial charge in [0.05, 0.1) is 11.1 Å². The van der Waals surface area contributed by atoms with Crippen molar-refractivity contribution < 1.29 is 23.5 Å². The van der Waals surface area contributed by atoms with E-state index in [2.05, 4.69) is 0 Å². The molecule has 1 aliphatic rings. The molecule has 7 nitrogen and oxygen atoms in total. The van der Waals surface area contributed by atoms with E-state index < -0.39 is 16.1 Å². The lowest BCUT2D eigenvalue weighted by molar-refractivity contribution is 0.0546.